The third-order valence-electron chi connectivity index (χ3n) is 8.63. The number of fused-ring (bicyclic) bond motifs is 5. The van der Waals surface area contributed by atoms with E-state index in [0.29, 0.717) is 23.0 Å². The van der Waals surface area contributed by atoms with E-state index in [-0.39, 0.29) is 11.2 Å². The van der Waals surface area contributed by atoms with Crippen molar-refractivity contribution in [2.75, 3.05) is 13.2 Å². The number of allylic oxidation sites excluding steroid dienone is 1. The second kappa shape index (κ2) is 4.94. The fourth-order valence-corrected chi connectivity index (χ4v) is 7.12. The molecule has 0 radical (unpaired) electrons. The van der Waals surface area contributed by atoms with Crippen LogP contribution in [0.3, 0.4) is 0 Å². The summed E-state index contributed by atoms with van der Waals surface area (Å²) >= 11 is 0. The Bertz CT molecular complexity index is 602. The molecule has 5 atom stereocenters. The van der Waals surface area contributed by atoms with Gasteiger partial charge in [0.25, 0.3) is 0 Å². The molecular formula is C21H30O3. The number of hydrogen-bond donors (Lipinski definition) is 0. The molecule has 1 spiro atoms. The van der Waals surface area contributed by atoms with Gasteiger partial charge < -0.3 is 9.47 Å². The maximum Gasteiger partial charge on any atom is 0.172 e. The van der Waals surface area contributed by atoms with Crippen molar-refractivity contribution in [2.45, 2.75) is 71.0 Å². The van der Waals surface area contributed by atoms with E-state index in [1.165, 1.54) is 19.3 Å². The minimum Gasteiger partial charge on any atom is -0.347 e. The van der Waals surface area contributed by atoms with Crippen molar-refractivity contribution in [1.82, 2.24) is 0 Å². The normalized spacial score (nSPS) is 49.5. The molecule has 24 heavy (non-hydrogen) atoms. The highest BCUT2D eigenvalue weighted by Gasteiger charge is 2.60. The van der Waals surface area contributed by atoms with Gasteiger partial charge >= 0.3 is 0 Å². The molecule has 4 fully saturated rings. The summed E-state index contributed by atoms with van der Waals surface area (Å²) in [7, 11) is 0. The molecule has 0 unspecified atom stereocenters. The molecule has 4 aliphatic carbocycles. The van der Waals surface area contributed by atoms with Crippen LogP contribution < -0.4 is 0 Å². The molecule has 132 valence electrons. The molecule has 0 N–H and O–H groups in total. The summed E-state index contributed by atoms with van der Waals surface area (Å²) in [6, 6.07) is 0. The monoisotopic (exact) mass is 330 g/mol. The van der Waals surface area contributed by atoms with E-state index >= 15 is 0 Å². The minimum atomic E-state index is -0.315. The standard InChI is InChI=1S/C21H30O3/c1-19-9-10-21(23-11-12-24-21)13-14(19)3-4-15-16-5-6-18(22)20(16,2)8-7-17(15)19/h3,15-17H,4-13H2,1-2H3/t15-,16+,17+,19+,20+/m1/s1. The van der Waals surface area contributed by atoms with Crippen molar-refractivity contribution in [1.29, 1.82) is 0 Å². The van der Waals surface area contributed by atoms with Gasteiger partial charge in [0.15, 0.2) is 5.79 Å². The first kappa shape index (κ1) is 15.6. The molecule has 5 aliphatic rings. The molecule has 0 bridgehead atoms. The number of carbonyl (C=O) groups is 1. The van der Waals surface area contributed by atoms with E-state index < -0.39 is 0 Å². The van der Waals surface area contributed by atoms with Crippen LogP contribution >= 0.6 is 0 Å². The van der Waals surface area contributed by atoms with E-state index in [2.05, 4.69) is 19.9 Å². The predicted octanol–water partition coefficient (Wildman–Crippen LogP) is 4.26. The molecular weight excluding hydrogens is 300 g/mol. The molecule has 0 aromatic carbocycles. The second-order valence-electron chi connectivity index (χ2n) is 9.46. The highest BCUT2D eigenvalue weighted by atomic mass is 16.7. The van der Waals surface area contributed by atoms with Crippen LogP contribution in [-0.2, 0) is 14.3 Å². The fourth-order valence-electron chi connectivity index (χ4n) is 7.12. The zero-order valence-corrected chi connectivity index (χ0v) is 15.1. The van der Waals surface area contributed by atoms with Crippen LogP contribution in [0.2, 0.25) is 0 Å². The third kappa shape index (κ3) is 1.89. The Balaban J connectivity index is 1.47. The van der Waals surface area contributed by atoms with Gasteiger partial charge in [-0.1, -0.05) is 25.5 Å². The van der Waals surface area contributed by atoms with Gasteiger partial charge in [0.2, 0.25) is 0 Å². The predicted molar refractivity (Wildman–Crippen MR) is 91.3 cm³/mol. The van der Waals surface area contributed by atoms with Gasteiger partial charge in [0.05, 0.1) is 13.2 Å². The Morgan fingerprint density at radius 2 is 1.75 bits per heavy atom. The van der Waals surface area contributed by atoms with Gasteiger partial charge in [0.1, 0.15) is 5.78 Å². The molecule has 1 aliphatic heterocycles. The maximum atomic E-state index is 12.5. The average molecular weight is 330 g/mol. The smallest absolute Gasteiger partial charge is 0.172 e. The summed E-state index contributed by atoms with van der Waals surface area (Å²) in [4.78, 5) is 12.5. The van der Waals surface area contributed by atoms with Gasteiger partial charge in [-0.05, 0) is 55.3 Å². The Hall–Kier alpha value is -0.670. The van der Waals surface area contributed by atoms with Crippen molar-refractivity contribution in [3.8, 4) is 0 Å². The minimum absolute atomic E-state index is 0.0174. The first-order chi connectivity index (χ1) is 11.5. The van der Waals surface area contributed by atoms with Crippen LogP contribution in [0.15, 0.2) is 11.6 Å². The first-order valence-corrected chi connectivity index (χ1v) is 9.98. The zero-order chi connectivity index (χ0) is 16.6. The average Bonchev–Trinajstić information content (AvgIpc) is 3.14. The molecule has 3 nitrogen and oxygen atoms in total. The van der Waals surface area contributed by atoms with Gasteiger partial charge in [-0.15, -0.1) is 0 Å². The summed E-state index contributed by atoms with van der Waals surface area (Å²) < 4.78 is 12.0. The van der Waals surface area contributed by atoms with Gasteiger partial charge in [-0.25, -0.2) is 0 Å². The van der Waals surface area contributed by atoms with Crippen molar-refractivity contribution in [2.24, 2.45) is 28.6 Å². The largest absolute Gasteiger partial charge is 0.347 e. The summed E-state index contributed by atoms with van der Waals surface area (Å²) in [6.07, 6.45) is 11.1. The number of hydrogen-bond acceptors (Lipinski definition) is 3. The highest BCUT2D eigenvalue weighted by Crippen LogP contribution is 2.65. The van der Waals surface area contributed by atoms with Crippen LogP contribution in [0.1, 0.15) is 65.2 Å². The topological polar surface area (TPSA) is 35.5 Å². The van der Waals surface area contributed by atoms with E-state index in [0.717, 1.165) is 51.2 Å². The summed E-state index contributed by atoms with van der Waals surface area (Å²) in [5, 5.41) is 0. The zero-order valence-electron chi connectivity index (χ0n) is 15.1. The van der Waals surface area contributed by atoms with Crippen LogP contribution in [0.25, 0.3) is 0 Å². The van der Waals surface area contributed by atoms with Crippen molar-refractivity contribution in [3.05, 3.63) is 11.6 Å². The van der Waals surface area contributed by atoms with E-state index in [4.69, 9.17) is 9.47 Å². The lowest BCUT2D eigenvalue weighted by molar-refractivity contribution is -0.185. The molecule has 3 saturated carbocycles. The Morgan fingerprint density at radius 3 is 2.54 bits per heavy atom. The maximum absolute atomic E-state index is 12.5. The lowest BCUT2D eigenvalue weighted by Gasteiger charge is -2.57. The van der Waals surface area contributed by atoms with E-state index in [1.54, 1.807) is 5.57 Å². The second-order valence-corrected chi connectivity index (χ2v) is 9.46. The number of Topliss-reactive ketones (excluding diaryl/α,β-unsaturated/α-hetero) is 1. The Kier molecular flexibility index (Phi) is 3.21. The van der Waals surface area contributed by atoms with Crippen LogP contribution in [0, 0.1) is 28.6 Å². The molecule has 1 heterocycles. The number of ether oxygens (including phenoxy) is 2. The summed E-state index contributed by atoms with van der Waals surface area (Å²) in [5.74, 6) is 2.31. The van der Waals surface area contributed by atoms with Crippen LogP contribution in [0.4, 0.5) is 0 Å². The summed E-state index contributed by atoms with van der Waals surface area (Å²) in [6.45, 7) is 6.26. The quantitative estimate of drug-likeness (QED) is 0.623. The van der Waals surface area contributed by atoms with Crippen molar-refractivity contribution >= 4 is 5.78 Å². The number of ketones is 1. The number of carbonyl (C=O) groups excluding carboxylic acids is 1. The van der Waals surface area contributed by atoms with Crippen LogP contribution in [0.5, 0.6) is 0 Å². The first-order valence-electron chi connectivity index (χ1n) is 9.98. The van der Waals surface area contributed by atoms with E-state index in [9.17, 15) is 4.79 Å². The molecule has 0 aromatic heterocycles. The van der Waals surface area contributed by atoms with Gasteiger partial charge in [0, 0.05) is 24.7 Å². The third-order valence-corrected chi connectivity index (χ3v) is 8.63. The van der Waals surface area contributed by atoms with E-state index in [1.807, 2.05) is 0 Å². The van der Waals surface area contributed by atoms with Crippen LogP contribution in [-0.4, -0.2) is 24.8 Å². The molecule has 0 aromatic rings. The Labute approximate surface area is 145 Å². The Morgan fingerprint density at radius 1 is 1.00 bits per heavy atom. The van der Waals surface area contributed by atoms with Gasteiger partial charge in [-0.2, -0.15) is 0 Å². The molecule has 5 rings (SSSR count). The lowest BCUT2D eigenvalue weighted by Crippen LogP contribution is -2.52. The fraction of sp³-hybridized carbons (Fsp3) is 0.857. The van der Waals surface area contributed by atoms with Gasteiger partial charge in [-0.3, -0.25) is 4.79 Å². The SMILES string of the molecule is C[C@]12CCC3(CC1=CC[C@H]1[C@@H]2CC[C@]2(C)C(=O)CC[C@@H]12)OCCO3. The highest BCUT2D eigenvalue weighted by molar-refractivity contribution is 5.87. The number of rotatable bonds is 0. The summed E-state index contributed by atoms with van der Waals surface area (Å²) in [5.41, 5.74) is 1.87. The molecule has 3 heteroatoms. The molecule has 0 amide bonds. The molecule has 1 saturated heterocycles. The lowest BCUT2D eigenvalue weighted by atomic mass is 9.48. The van der Waals surface area contributed by atoms with Crippen molar-refractivity contribution in [3.63, 3.8) is 0 Å². The van der Waals surface area contributed by atoms with Crippen molar-refractivity contribution < 1.29 is 14.3 Å².